The fourth-order valence-electron chi connectivity index (χ4n) is 3.23. The Morgan fingerprint density at radius 3 is 2.85 bits per heavy atom. The Hall–Kier alpha value is -2.87. The Balaban J connectivity index is 1.64. The standard InChI is InChI=1S/C18H21N5O3/c1-22-6-3-14(21-22)18(24)19-13-9-16(25-2)17-20-15(11-23(17)10-13)12-4-7-26-8-5-12/h3,6,9-12H,4-5,7-8H2,1-2H3,(H,19,24). The SMILES string of the molecule is COc1cc(NC(=O)c2ccn(C)n2)cn2cc(C3CCOCC3)nc12. The molecule has 1 aliphatic rings. The maximum atomic E-state index is 12.3. The fraction of sp³-hybridized carbons (Fsp3) is 0.389. The van der Waals surface area contributed by atoms with Gasteiger partial charge in [-0.05, 0) is 18.9 Å². The Morgan fingerprint density at radius 1 is 1.35 bits per heavy atom. The van der Waals surface area contributed by atoms with E-state index in [-0.39, 0.29) is 5.91 Å². The second kappa shape index (κ2) is 6.80. The van der Waals surface area contributed by atoms with E-state index in [2.05, 4.69) is 10.4 Å². The molecule has 26 heavy (non-hydrogen) atoms. The van der Waals surface area contributed by atoms with E-state index in [0.717, 1.165) is 37.4 Å². The van der Waals surface area contributed by atoms with Crippen molar-refractivity contribution in [3.8, 4) is 5.75 Å². The number of aromatic nitrogens is 4. The van der Waals surface area contributed by atoms with Crippen molar-refractivity contribution in [1.29, 1.82) is 0 Å². The highest BCUT2D eigenvalue weighted by Crippen LogP contribution is 2.30. The summed E-state index contributed by atoms with van der Waals surface area (Å²) >= 11 is 0. The first-order valence-electron chi connectivity index (χ1n) is 8.59. The van der Waals surface area contributed by atoms with Crippen LogP contribution in [0.2, 0.25) is 0 Å². The lowest BCUT2D eigenvalue weighted by atomic mass is 9.97. The number of hydrogen-bond acceptors (Lipinski definition) is 5. The number of amides is 1. The molecule has 8 heteroatoms. The van der Waals surface area contributed by atoms with Crippen LogP contribution in [0.1, 0.15) is 34.9 Å². The lowest BCUT2D eigenvalue weighted by Crippen LogP contribution is -2.14. The van der Waals surface area contributed by atoms with E-state index < -0.39 is 0 Å². The van der Waals surface area contributed by atoms with Crippen molar-refractivity contribution in [3.05, 3.63) is 42.1 Å². The third kappa shape index (κ3) is 3.15. The van der Waals surface area contributed by atoms with Gasteiger partial charge in [0.15, 0.2) is 17.1 Å². The van der Waals surface area contributed by atoms with Gasteiger partial charge in [0.25, 0.3) is 5.91 Å². The van der Waals surface area contributed by atoms with Crippen LogP contribution in [0.3, 0.4) is 0 Å². The fourth-order valence-corrected chi connectivity index (χ4v) is 3.23. The summed E-state index contributed by atoms with van der Waals surface area (Å²) in [6.07, 6.45) is 7.51. The summed E-state index contributed by atoms with van der Waals surface area (Å²) in [6.45, 7) is 1.53. The number of carbonyl (C=O) groups is 1. The Labute approximate surface area is 150 Å². The highest BCUT2D eigenvalue weighted by atomic mass is 16.5. The number of rotatable bonds is 4. The molecule has 1 N–H and O–H groups in total. The largest absolute Gasteiger partial charge is 0.493 e. The zero-order valence-electron chi connectivity index (χ0n) is 14.8. The van der Waals surface area contributed by atoms with E-state index in [9.17, 15) is 4.79 Å². The first-order chi connectivity index (χ1) is 12.6. The molecule has 1 amide bonds. The lowest BCUT2D eigenvalue weighted by molar-refractivity contribution is 0.0846. The number of nitrogens with zero attached hydrogens (tertiary/aromatic N) is 4. The van der Waals surface area contributed by atoms with Gasteiger partial charge in [-0.15, -0.1) is 0 Å². The van der Waals surface area contributed by atoms with Crippen molar-refractivity contribution in [3.63, 3.8) is 0 Å². The van der Waals surface area contributed by atoms with Crippen molar-refractivity contribution >= 4 is 17.2 Å². The minimum Gasteiger partial charge on any atom is -0.493 e. The summed E-state index contributed by atoms with van der Waals surface area (Å²) < 4.78 is 14.4. The number of hydrogen-bond donors (Lipinski definition) is 1. The summed E-state index contributed by atoms with van der Waals surface area (Å²) in [5.41, 5.74) is 2.76. The molecule has 1 fully saturated rings. The molecule has 0 atom stereocenters. The van der Waals surface area contributed by atoms with Crippen LogP contribution < -0.4 is 10.1 Å². The van der Waals surface area contributed by atoms with Crippen molar-refractivity contribution in [1.82, 2.24) is 19.2 Å². The number of ether oxygens (including phenoxy) is 2. The molecular weight excluding hydrogens is 334 g/mol. The smallest absolute Gasteiger partial charge is 0.276 e. The molecule has 4 rings (SSSR count). The Morgan fingerprint density at radius 2 is 2.15 bits per heavy atom. The normalized spacial score (nSPS) is 15.3. The summed E-state index contributed by atoms with van der Waals surface area (Å²) in [5.74, 6) is 0.735. The number of anilines is 1. The number of fused-ring (bicyclic) bond motifs is 1. The minimum absolute atomic E-state index is 0.267. The molecule has 0 bridgehead atoms. The molecule has 4 heterocycles. The maximum Gasteiger partial charge on any atom is 0.276 e. The van der Waals surface area contributed by atoms with Crippen LogP contribution in [0.4, 0.5) is 5.69 Å². The number of nitrogens with one attached hydrogen (secondary N) is 1. The van der Waals surface area contributed by atoms with Crippen LogP contribution in [0, 0.1) is 0 Å². The Kier molecular flexibility index (Phi) is 4.34. The second-order valence-corrected chi connectivity index (χ2v) is 6.41. The third-order valence-corrected chi connectivity index (χ3v) is 4.60. The average molecular weight is 355 g/mol. The van der Waals surface area contributed by atoms with Crippen LogP contribution in [-0.2, 0) is 11.8 Å². The molecule has 3 aromatic heterocycles. The molecule has 0 saturated carbocycles. The number of methoxy groups -OCH3 is 1. The van der Waals surface area contributed by atoms with Crippen LogP contribution in [0.15, 0.2) is 30.7 Å². The first-order valence-corrected chi connectivity index (χ1v) is 8.59. The summed E-state index contributed by atoms with van der Waals surface area (Å²) in [5, 5.41) is 6.98. The molecule has 0 unspecified atom stereocenters. The van der Waals surface area contributed by atoms with Crippen LogP contribution in [0.5, 0.6) is 5.75 Å². The van der Waals surface area contributed by atoms with Crippen molar-refractivity contribution in [2.24, 2.45) is 7.05 Å². The number of pyridine rings is 1. The maximum absolute atomic E-state index is 12.3. The van der Waals surface area contributed by atoms with E-state index in [0.29, 0.717) is 23.0 Å². The molecule has 0 aromatic carbocycles. The third-order valence-electron chi connectivity index (χ3n) is 4.60. The van der Waals surface area contributed by atoms with Gasteiger partial charge < -0.3 is 19.2 Å². The molecule has 8 nitrogen and oxygen atoms in total. The first kappa shape index (κ1) is 16.6. The van der Waals surface area contributed by atoms with Crippen LogP contribution in [-0.4, -0.2) is 45.4 Å². The molecule has 136 valence electrons. The lowest BCUT2D eigenvalue weighted by Gasteiger charge is -2.19. The summed E-state index contributed by atoms with van der Waals surface area (Å²) in [7, 11) is 3.37. The van der Waals surface area contributed by atoms with Gasteiger partial charge in [0.1, 0.15) is 0 Å². The monoisotopic (exact) mass is 355 g/mol. The van der Waals surface area contributed by atoms with Crippen molar-refractivity contribution in [2.75, 3.05) is 25.6 Å². The summed E-state index contributed by atoms with van der Waals surface area (Å²) in [4.78, 5) is 17.1. The second-order valence-electron chi connectivity index (χ2n) is 6.41. The van der Waals surface area contributed by atoms with Gasteiger partial charge in [-0.25, -0.2) is 4.98 Å². The molecule has 0 aliphatic carbocycles. The zero-order chi connectivity index (χ0) is 18.1. The van der Waals surface area contributed by atoms with Crippen molar-refractivity contribution in [2.45, 2.75) is 18.8 Å². The highest BCUT2D eigenvalue weighted by Gasteiger charge is 2.20. The molecule has 3 aromatic rings. The zero-order valence-corrected chi connectivity index (χ0v) is 14.8. The van der Waals surface area contributed by atoms with E-state index in [1.54, 1.807) is 37.2 Å². The molecule has 1 saturated heterocycles. The van der Waals surface area contributed by atoms with Gasteiger partial charge in [0.2, 0.25) is 0 Å². The van der Waals surface area contributed by atoms with E-state index in [4.69, 9.17) is 14.5 Å². The van der Waals surface area contributed by atoms with Crippen LogP contribution >= 0.6 is 0 Å². The van der Waals surface area contributed by atoms with Gasteiger partial charge in [-0.2, -0.15) is 5.10 Å². The molecule has 1 aliphatic heterocycles. The predicted octanol–water partition coefficient (Wildman–Crippen LogP) is 2.22. The average Bonchev–Trinajstić information content (AvgIpc) is 3.28. The van der Waals surface area contributed by atoms with E-state index in [1.165, 1.54) is 0 Å². The van der Waals surface area contributed by atoms with Crippen molar-refractivity contribution < 1.29 is 14.3 Å². The quantitative estimate of drug-likeness (QED) is 0.776. The van der Waals surface area contributed by atoms with E-state index >= 15 is 0 Å². The van der Waals surface area contributed by atoms with Crippen LogP contribution in [0.25, 0.3) is 5.65 Å². The molecular formula is C18H21N5O3. The predicted molar refractivity (Wildman–Crippen MR) is 95.7 cm³/mol. The molecule has 0 spiro atoms. The molecule has 0 radical (unpaired) electrons. The topological polar surface area (TPSA) is 82.7 Å². The summed E-state index contributed by atoms with van der Waals surface area (Å²) in [6, 6.07) is 3.45. The van der Waals surface area contributed by atoms with Gasteiger partial charge in [-0.3, -0.25) is 9.48 Å². The van der Waals surface area contributed by atoms with Gasteiger partial charge >= 0.3 is 0 Å². The van der Waals surface area contributed by atoms with E-state index in [1.807, 2.05) is 16.8 Å². The minimum atomic E-state index is -0.267. The number of carbonyl (C=O) groups excluding carboxylic acids is 1. The van der Waals surface area contributed by atoms with Gasteiger partial charge in [-0.1, -0.05) is 0 Å². The van der Waals surface area contributed by atoms with Gasteiger partial charge in [0, 0.05) is 50.8 Å². The number of imidazole rings is 1. The van der Waals surface area contributed by atoms with Gasteiger partial charge in [0.05, 0.1) is 18.5 Å². The Bertz CT molecular complexity index is 940. The number of aryl methyl sites for hydroxylation is 1. The highest BCUT2D eigenvalue weighted by molar-refractivity contribution is 6.02.